The van der Waals surface area contributed by atoms with Gasteiger partial charge in [0.25, 0.3) is 0 Å². The van der Waals surface area contributed by atoms with Crippen LogP contribution >= 0.6 is 0 Å². The number of methoxy groups -OCH3 is 1. The van der Waals surface area contributed by atoms with Gasteiger partial charge in [0.1, 0.15) is 35.9 Å². The largest absolute Gasteiger partial charge is 0.495 e. The molecule has 1 aliphatic heterocycles. The smallest absolute Gasteiger partial charge is 0.204 e. The van der Waals surface area contributed by atoms with Gasteiger partial charge in [-0.2, -0.15) is 5.26 Å². The fourth-order valence-corrected chi connectivity index (χ4v) is 3.76. The third kappa shape index (κ3) is 4.51. The second-order valence-corrected chi connectivity index (χ2v) is 7.35. The lowest BCUT2D eigenvalue weighted by molar-refractivity contribution is 0.0663. The Balaban J connectivity index is 1.26. The van der Waals surface area contributed by atoms with Crippen LogP contribution < -0.4 is 14.4 Å². The molecule has 0 bridgehead atoms. The van der Waals surface area contributed by atoms with Crippen molar-refractivity contribution in [3.8, 4) is 17.6 Å². The number of aliphatic hydroxyl groups excluding tert-OH is 1. The van der Waals surface area contributed by atoms with E-state index in [1.807, 2.05) is 36.4 Å². The number of anilines is 1. The van der Waals surface area contributed by atoms with Crippen LogP contribution in [0.2, 0.25) is 0 Å². The molecular formula is C23H25N3O4. The van der Waals surface area contributed by atoms with E-state index in [0.717, 1.165) is 43.0 Å². The Morgan fingerprint density at radius 1 is 1.13 bits per heavy atom. The average Bonchev–Trinajstić information content (AvgIpc) is 3.21. The first-order chi connectivity index (χ1) is 14.7. The third-order valence-electron chi connectivity index (χ3n) is 5.31. The highest BCUT2D eigenvalue weighted by Crippen LogP contribution is 2.28. The number of piperazine rings is 1. The molecule has 156 valence electrons. The highest BCUT2D eigenvalue weighted by Gasteiger charge is 2.21. The number of nitrogens with zero attached hydrogens (tertiary/aromatic N) is 3. The Hall–Kier alpha value is -3.21. The van der Waals surface area contributed by atoms with Crippen molar-refractivity contribution in [2.24, 2.45) is 0 Å². The lowest BCUT2D eigenvalue weighted by atomic mass is 10.2. The molecule has 1 N–H and O–H groups in total. The zero-order chi connectivity index (χ0) is 20.9. The zero-order valence-corrected chi connectivity index (χ0v) is 17.0. The predicted molar refractivity (Wildman–Crippen MR) is 114 cm³/mol. The normalized spacial score (nSPS) is 15.7. The molecule has 1 fully saturated rings. The van der Waals surface area contributed by atoms with Gasteiger partial charge in [-0.15, -0.1) is 0 Å². The van der Waals surface area contributed by atoms with Crippen LogP contribution in [-0.4, -0.2) is 62.6 Å². The lowest BCUT2D eigenvalue weighted by Gasteiger charge is -2.37. The molecule has 0 amide bonds. The van der Waals surface area contributed by atoms with Crippen LogP contribution in [0.4, 0.5) is 5.69 Å². The predicted octanol–water partition coefficient (Wildman–Crippen LogP) is 2.87. The van der Waals surface area contributed by atoms with Gasteiger partial charge in [-0.25, -0.2) is 0 Å². The first-order valence-corrected chi connectivity index (χ1v) is 10.0. The quantitative estimate of drug-likeness (QED) is 0.645. The summed E-state index contributed by atoms with van der Waals surface area (Å²) in [5, 5.41) is 20.2. The summed E-state index contributed by atoms with van der Waals surface area (Å²) in [6.45, 7) is 4.24. The Kier molecular flexibility index (Phi) is 6.07. The van der Waals surface area contributed by atoms with Crippen LogP contribution in [0, 0.1) is 11.3 Å². The molecule has 1 aliphatic rings. The number of furan rings is 1. The van der Waals surface area contributed by atoms with Crippen molar-refractivity contribution in [1.29, 1.82) is 5.26 Å². The molecule has 4 rings (SSSR count). The zero-order valence-electron chi connectivity index (χ0n) is 17.0. The highest BCUT2D eigenvalue weighted by atomic mass is 16.5. The average molecular weight is 407 g/mol. The number of rotatable bonds is 7. The van der Waals surface area contributed by atoms with Gasteiger partial charge in [0.2, 0.25) is 5.76 Å². The van der Waals surface area contributed by atoms with E-state index in [1.165, 1.54) is 0 Å². The van der Waals surface area contributed by atoms with E-state index in [-0.39, 0.29) is 12.4 Å². The summed E-state index contributed by atoms with van der Waals surface area (Å²) >= 11 is 0. The van der Waals surface area contributed by atoms with Crippen LogP contribution in [0.25, 0.3) is 11.0 Å². The number of hydrogen-bond acceptors (Lipinski definition) is 7. The molecule has 7 nitrogen and oxygen atoms in total. The fraction of sp³-hybridized carbons (Fsp3) is 0.348. The van der Waals surface area contributed by atoms with Crippen molar-refractivity contribution in [2.75, 3.05) is 51.3 Å². The van der Waals surface area contributed by atoms with E-state index < -0.39 is 6.10 Å². The molecule has 1 saturated heterocycles. The van der Waals surface area contributed by atoms with E-state index in [4.69, 9.17) is 19.2 Å². The number of β-amino-alcohol motifs (C(OH)–C–C–N with tert-alkyl or cyclic N) is 1. The monoisotopic (exact) mass is 407 g/mol. The van der Waals surface area contributed by atoms with Crippen molar-refractivity contribution < 1.29 is 19.0 Å². The number of fused-ring (bicyclic) bond motifs is 1. The molecule has 1 atom stereocenters. The molecule has 2 heterocycles. The maximum absolute atomic E-state index is 10.4. The molecule has 30 heavy (non-hydrogen) atoms. The van der Waals surface area contributed by atoms with Crippen molar-refractivity contribution >= 4 is 16.7 Å². The van der Waals surface area contributed by atoms with Gasteiger partial charge in [-0.05, 0) is 24.3 Å². The van der Waals surface area contributed by atoms with E-state index in [1.54, 1.807) is 19.2 Å². The van der Waals surface area contributed by atoms with Crippen LogP contribution in [0.5, 0.6) is 11.5 Å². The maximum Gasteiger partial charge on any atom is 0.204 e. The molecule has 3 aromatic rings. The summed E-state index contributed by atoms with van der Waals surface area (Å²) < 4.78 is 16.6. The van der Waals surface area contributed by atoms with Gasteiger partial charge >= 0.3 is 0 Å². The van der Waals surface area contributed by atoms with Crippen LogP contribution in [-0.2, 0) is 0 Å². The molecule has 0 saturated carbocycles. The summed E-state index contributed by atoms with van der Waals surface area (Å²) in [4.78, 5) is 4.56. The molecular weight excluding hydrogens is 382 g/mol. The molecule has 0 aliphatic carbocycles. The molecule has 1 unspecified atom stereocenters. The van der Waals surface area contributed by atoms with E-state index in [0.29, 0.717) is 17.9 Å². The number of hydrogen-bond donors (Lipinski definition) is 1. The van der Waals surface area contributed by atoms with E-state index in [2.05, 4.69) is 15.9 Å². The lowest BCUT2D eigenvalue weighted by Crippen LogP contribution is -2.49. The molecule has 7 heteroatoms. The number of para-hydroxylation sites is 2. The molecule has 0 radical (unpaired) electrons. The number of benzene rings is 2. The van der Waals surface area contributed by atoms with Crippen molar-refractivity contribution in [1.82, 2.24) is 4.90 Å². The van der Waals surface area contributed by atoms with Gasteiger partial charge in [0, 0.05) is 50.2 Å². The van der Waals surface area contributed by atoms with Gasteiger partial charge in [0.15, 0.2) is 0 Å². The molecule has 1 aromatic heterocycles. The summed E-state index contributed by atoms with van der Waals surface area (Å²) in [6.07, 6.45) is -0.593. The standard InChI is InChI=1S/C23H25N3O4/c1-28-22-5-3-2-4-21(22)26-10-8-25(9-11-26)15-18(27)16-29-19-7-6-17-12-20(14-24)30-23(17)13-19/h2-7,12-13,18,27H,8-11,15-16H2,1H3. The fourth-order valence-electron chi connectivity index (χ4n) is 3.76. The van der Waals surface area contributed by atoms with E-state index in [9.17, 15) is 5.11 Å². The first kappa shape index (κ1) is 20.1. The Labute approximate surface area is 175 Å². The third-order valence-corrected chi connectivity index (χ3v) is 5.31. The second kappa shape index (κ2) is 9.08. The van der Waals surface area contributed by atoms with E-state index >= 15 is 0 Å². The van der Waals surface area contributed by atoms with Crippen molar-refractivity contribution in [2.45, 2.75) is 6.10 Å². The van der Waals surface area contributed by atoms with Gasteiger partial charge in [-0.3, -0.25) is 4.90 Å². The number of nitriles is 1. The van der Waals surface area contributed by atoms with Crippen molar-refractivity contribution in [3.63, 3.8) is 0 Å². The van der Waals surface area contributed by atoms with Crippen LogP contribution in [0.15, 0.2) is 52.9 Å². The Morgan fingerprint density at radius 2 is 1.93 bits per heavy atom. The minimum Gasteiger partial charge on any atom is -0.495 e. The Morgan fingerprint density at radius 3 is 2.70 bits per heavy atom. The van der Waals surface area contributed by atoms with Crippen LogP contribution in [0.3, 0.4) is 0 Å². The SMILES string of the molecule is COc1ccccc1N1CCN(CC(O)COc2ccc3cc(C#N)oc3c2)CC1. The van der Waals surface area contributed by atoms with Gasteiger partial charge in [-0.1, -0.05) is 12.1 Å². The van der Waals surface area contributed by atoms with Crippen LogP contribution in [0.1, 0.15) is 5.76 Å². The summed E-state index contributed by atoms with van der Waals surface area (Å²) in [5.41, 5.74) is 1.71. The Bertz CT molecular complexity index is 1030. The summed E-state index contributed by atoms with van der Waals surface area (Å²) in [5.74, 6) is 1.77. The van der Waals surface area contributed by atoms with Crippen molar-refractivity contribution in [3.05, 3.63) is 54.3 Å². The maximum atomic E-state index is 10.4. The summed E-state index contributed by atoms with van der Waals surface area (Å²) in [7, 11) is 1.69. The summed E-state index contributed by atoms with van der Waals surface area (Å²) in [6, 6.07) is 17.1. The molecule has 2 aromatic carbocycles. The topological polar surface area (TPSA) is 82.1 Å². The first-order valence-electron chi connectivity index (χ1n) is 10.0. The van der Waals surface area contributed by atoms with Gasteiger partial charge in [0.05, 0.1) is 12.8 Å². The minimum absolute atomic E-state index is 0.198. The molecule has 0 spiro atoms. The minimum atomic E-state index is -0.593. The number of ether oxygens (including phenoxy) is 2. The highest BCUT2D eigenvalue weighted by molar-refractivity contribution is 5.80. The number of aliphatic hydroxyl groups is 1. The van der Waals surface area contributed by atoms with Gasteiger partial charge < -0.3 is 23.9 Å². The second-order valence-electron chi connectivity index (χ2n) is 7.35.